The van der Waals surface area contributed by atoms with Gasteiger partial charge in [0.15, 0.2) is 0 Å². The normalized spacial score (nSPS) is 12.2. The molecule has 0 aliphatic heterocycles. The number of nitrogens with two attached hydrogens (primary N) is 1. The summed E-state index contributed by atoms with van der Waals surface area (Å²) < 4.78 is 0. The second-order valence-electron chi connectivity index (χ2n) is 4.74. The highest BCUT2D eigenvalue weighted by Gasteiger charge is 2.14. The molecule has 0 aliphatic carbocycles. The largest absolute Gasteiger partial charge is 0.393 e. The Hall–Kier alpha value is -1.42. The SMILES string of the molecule is CC(C(=O)NCc1ccc(C(C)C)cc1)C(N)=S. The number of hydrogen-bond donors (Lipinski definition) is 2. The molecule has 0 saturated carbocycles. The Morgan fingerprint density at radius 3 is 2.28 bits per heavy atom. The van der Waals surface area contributed by atoms with Crippen LogP contribution in [0, 0.1) is 5.92 Å². The van der Waals surface area contributed by atoms with Crippen molar-refractivity contribution in [1.29, 1.82) is 0 Å². The molecule has 0 spiro atoms. The van der Waals surface area contributed by atoms with Crippen LogP contribution in [0.15, 0.2) is 24.3 Å². The van der Waals surface area contributed by atoms with Gasteiger partial charge in [-0.25, -0.2) is 0 Å². The second kappa shape index (κ2) is 6.50. The Kier molecular flexibility index (Phi) is 5.28. The lowest BCUT2D eigenvalue weighted by Crippen LogP contribution is -2.35. The van der Waals surface area contributed by atoms with Crippen molar-refractivity contribution in [3.63, 3.8) is 0 Å². The van der Waals surface area contributed by atoms with Crippen LogP contribution in [0.4, 0.5) is 0 Å². The lowest BCUT2D eigenvalue weighted by Gasteiger charge is -2.11. The molecule has 0 fully saturated rings. The van der Waals surface area contributed by atoms with Gasteiger partial charge in [0.1, 0.15) is 0 Å². The molecule has 3 N–H and O–H groups in total. The van der Waals surface area contributed by atoms with Crippen molar-refractivity contribution in [2.45, 2.75) is 33.2 Å². The monoisotopic (exact) mass is 264 g/mol. The van der Waals surface area contributed by atoms with E-state index in [9.17, 15) is 4.79 Å². The van der Waals surface area contributed by atoms with Crippen molar-refractivity contribution in [2.24, 2.45) is 11.7 Å². The molecule has 0 heterocycles. The predicted molar refractivity (Wildman–Crippen MR) is 78.3 cm³/mol. The molecule has 3 nitrogen and oxygen atoms in total. The van der Waals surface area contributed by atoms with E-state index in [0.29, 0.717) is 12.5 Å². The number of hydrogen-bond acceptors (Lipinski definition) is 2. The summed E-state index contributed by atoms with van der Waals surface area (Å²) in [4.78, 5) is 11.9. The molecule has 1 unspecified atom stereocenters. The molecule has 98 valence electrons. The first-order valence-corrected chi connectivity index (χ1v) is 6.48. The standard InChI is InChI=1S/C14H20N2OS/c1-9(2)12-6-4-11(5-7-12)8-16-14(17)10(3)13(15)18/h4-7,9-10H,8H2,1-3H3,(H2,15,18)(H,16,17). The van der Waals surface area contributed by atoms with Crippen LogP contribution >= 0.6 is 12.2 Å². The lowest BCUT2D eigenvalue weighted by atomic mass is 10.0. The number of rotatable bonds is 5. The van der Waals surface area contributed by atoms with E-state index in [1.807, 2.05) is 12.1 Å². The predicted octanol–water partition coefficient (Wildman–Crippen LogP) is 2.35. The molecule has 4 heteroatoms. The summed E-state index contributed by atoms with van der Waals surface area (Å²) in [7, 11) is 0. The third-order valence-corrected chi connectivity index (χ3v) is 3.29. The molecular formula is C14H20N2OS. The Labute approximate surface area is 114 Å². The van der Waals surface area contributed by atoms with Crippen LogP contribution in [0.1, 0.15) is 37.8 Å². The van der Waals surface area contributed by atoms with E-state index >= 15 is 0 Å². The van der Waals surface area contributed by atoms with Gasteiger partial charge in [-0.2, -0.15) is 0 Å². The maximum Gasteiger partial charge on any atom is 0.229 e. The topological polar surface area (TPSA) is 55.1 Å². The minimum absolute atomic E-state index is 0.129. The van der Waals surface area contributed by atoms with Gasteiger partial charge in [-0.3, -0.25) is 4.79 Å². The van der Waals surface area contributed by atoms with E-state index in [4.69, 9.17) is 18.0 Å². The summed E-state index contributed by atoms with van der Waals surface area (Å²) >= 11 is 4.79. The van der Waals surface area contributed by atoms with Crippen molar-refractivity contribution in [3.8, 4) is 0 Å². The number of amides is 1. The van der Waals surface area contributed by atoms with Gasteiger partial charge < -0.3 is 11.1 Å². The number of carbonyl (C=O) groups excluding carboxylic acids is 1. The van der Waals surface area contributed by atoms with Crippen LogP contribution in [0.2, 0.25) is 0 Å². The van der Waals surface area contributed by atoms with Gasteiger partial charge in [-0.15, -0.1) is 0 Å². The molecule has 1 rings (SSSR count). The zero-order valence-corrected chi connectivity index (χ0v) is 11.9. The van der Waals surface area contributed by atoms with Crippen LogP contribution < -0.4 is 11.1 Å². The van der Waals surface area contributed by atoms with E-state index in [2.05, 4.69) is 31.3 Å². The molecule has 0 aromatic heterocycles. The first-order valence-electron chi connectivity index (χ1n) is 6.07. The van der Waals surface area contributed by atoms with E-state index in [1.165, 1.54) is 5.56 Å². The first kappa shape index (κ1) is 14.6. The molecule has 0 bridgehead atoms. The van der Waals surface area contributed by atoms with Crippen molar-refractivity contribution in [1.82, 2.24) is 5.32 Å². The van der Waals surface area contributed by atoms with E-state index < -0.39 is 5.92 Å². The molecule has 1 amide bonds. The summed E-state index contributed by atoms with van der Waals surface area (Å²) in [6.45, 7) is 6.52. The molecule has 18 heavy (non-hydrogen) atoms. The minimum Gasteiger partial charge on any atom is -0.393 e. The number of carbonyl (C=O) groups is 1. The summed E-state index contributed by atoms with van der Waals surface area (Å²) in [5.41, 5.74) is 7.79. The average Bonchev–Trinajstić information content (AvgIpc) is 2.35. The lowest BCUT2D eigenvalue weighted by molar-refractivity contribution is -0.122. The highest BCUT2D eigenvalue weighted by Crippen LogP contribution is 2.14. The molecule has 1 aromatic rings. The van der Waals surface area contributed by atoms with Gasteiger partial charge in [0.2, 0.25) is 5.91 Å². The van der Waals surface area contributed by atoms with Gasteiger partial charge >= 0.3 is 0 Å². The van der Waals surface area contributed by atoms with Gasteiger partial charge in [-0.1, -0.05) is 50.3 Å². The van der Waals surface area contributed by atoms with E-state index in [-0.39, 0.29) is 10.9 Å². The van der Waals surface area contributed by atoms with Crippen molar-refractivity contribution >= 4 is 23.1 Å². The molecule has 0 radical (unpaired) electrons. The van der Waals surface area contributed by atoms with Crippen LogP contribution in [-0.2, 0) is 11.3 Å². The smallest absolute Gasteiger partial charge is 0.229 e. The van der Waals surface area contributed by atoms with E-state index in [0.717, 1.165) is 5.56 Å². The molecule has 0 saturated heterocycles. The third-order valence-electron chi connectivity index (χ3n) is 2.93. The van der Waals surface area contributed by atoms with Gasteiger partial charge in [0.05, 0.1) is 10.9 Å². The van der Waals surface area contributed by atoms with Gasteiger partial charge in [0, 0.05) is 6.54 Å². The zero-order valence-electron chi connectivity index (χ0n) is 11.1. The first-order chi connectivity index (χ1) is 8.41. The van der Waals surface area contributed by atoms with Gasteiger partial charge in [-0.05, 0) is 24.0 Å². The highest BCUT2D eigenvalue weighted by molar-refractivity contribution is 7.80. The van der Waals surface area contributed by atoms with Crippen LogP contribution in [0.5, 0.6) is 0 Å². The Morgan fingerprint density at radius 2 is 1.83 bits per heavy atom. The molecular weight excluding hydrogens is 244 g/mol. The fourth-order valence-electron chi connectivity index (χ4n) is 1.49. The molecule has 0 aliphatic rings. The summed E-state index contributed by atoms with van der Waals surface area (Å²) in [5.74, 6) is -0.0337. The fourth-order valence-corrected chi connectivity index (χ4v) is 1.60. The quantitative estimate of drug-likeness (QED) is 0.803. The molecule has 1 atom stereocenters. The average molecular weight is 264 g/mol. The van der Waals surface area contributed by atoms with Crippen LogP contribution in [0.25, 0.3) is 0 Å². The highest BCUT2D eigenvalue weighted by atomic mass is 32.1. The van der Waals surface area contributed by atoms with Crippen molar-refractivity contribution < 1.29 is 4.79 Å². The van der Waals surface area contributed by atoms with Crippen LogP contribution in [0.3, 0.4) is 0 Å². The molecule has 1 aromatic carbocycles. The summed E-state index contributed by atoms with van der Waals surface area (Å²) in [6, 6.07) is 8.23. The maximum atomic E-state index is 11.7. The fraction of sp³-hybridized carbons (Fsp3) is 0.429. The zero-order chi connectivity index (χ0) is 13.7. The van der Waals surface area contributed by atoms with Gasteiger partial charge in [0.25, 0.3) is 0 Å². The number of thiocarbonyl (C=S) groups is 1. The number of benzene rings is 1. The van der Waals surface area contributed by atoms with Crippen molar-refractivity contribution in [2.75, 3.05) is 0 Å². The summed E-state index contributed by atoms with van der Waals surface area (Å²) in [6.07, 6.45) is 0. The van der Waals surface area contributed by atoms with Crippen molar-refractivity contribution in [3.05, 3.63) is 35.4 Å². The maximum absolute atomic E-state index is 11.7. The van der Waals surface area contributed by atoms with E-state index in [1.54, 1.807) is 6.92 Å². The van der Waals surface area contributed by atoms with Crippen LogP contribution in [-0.4, -0.2) is 10.9 Å². The third kappa shape index (κ3) is 4.11. The Balaban J connectivity index is 2.54. The Morgan fingerprint density at radius 1 is 1.28 bits per heavy atom. The summed E-state index contributed by atoms with van der Waals surface area (Å²) in [5, 5.41) is 2.82. The minimum atomic E-state index is -0.421. The number of nitrogens with one attached hydrogen (secondary N) is 1. The second-order valence-corrected chi connectivity index (χ2v) is 5.21. The Bertz CT molecular complexity index is 426.